The first-order chi connectivity index (χ1) is 15.9. The zero-order valence-electron chi connectivity index (χ0n) is 18.1. The Morgan fingerprint density at radius 1 is 1.12 bits per heavy atom. The Morgan fingerprint density at radius 2 is 1.82 bits per heavy atom. The normalized spacial score (nSPS) is 14.9. The first-order valence-electron chi connectivity index (χ1n) is 10.7. The van der Waals surface area contributed by atoms with E-state index in [0.717, 1.165) is 5.56 Å². The fraction of sp³-hybridized carbons (Fsp3) is 0.250. The maximum absolute atomic E-state index is 13.5. The molecular weight excluding hydrogens is 424 g/mol. The minimum absolute atomic E-state index is 0.120. The molecule has 2 aromatic carbocycles. The van der Waals surface area contributed by atoms with E-state index in [1.165, 1.54) is 9.47 Å². The second kappa shape index (κ2) is 9.15. The average molecular weight is 448 g/mol. The SMILES string of the molecule is CCCN(C(=O)[C@H]1Cc2ccccc2C(=O)O1)c1c(N)n(Cc2ccccc2)c(=O)[nH]c1=O. The van der Waals surface area contributed by atoms with Crippen LogP contribution in [0.1, 0.15) is 34.8 Å². The van der Waals surface area contributed by atoms with Crippen molar-refractivity contribution in [1.29, 1.82) is 0 Å². The smallest absolute Gasteiger partial charge is 0.339 e. The summed E-state index contributed by atoms with van der Waals surface area (Å²) in [5.74, 6) is -1.29. The van der Waals surface area contributed by atoms with Gasteiger partial charge in [-0.15, -0.1) is 0 Å². The molecule has 33 heavy (non-hydrogen) atoms. The van der Waals surface area contributed by atoms with Crippen LogP contribution in [0.4, 0.5) is 11.5 Å². The van der Waals surface area contributed by atoms with E-state index >= 15 is 0 Å². The van der Waals surface area contributed by atoms with Crippen molar-refractivity contribution >= 4 is 23.4 Å². The van der Waals surface area contributed by atoms with Gasteiger partial charge in [-0.25, -0.2) is 9.59 Å². The fourth-order valence-corrected chi connectivity index (χ4v) is 3.96. The standard InChI is InChI=1S/C24H24N4O5/c1-2-12-27(22(30)18-13-16-10-6-7-11-17(16)23(31)33-18)19-20(25)28(24(32)26-21(19)29)14-15-8-4-3-5-9-15/h3-11,18H,2,12-14,25H2,1H3,(H,26,29,32)/t18-/m1/s1. The number of nitrogen functional groups attached to an aromatic ring is 1. The number of benzene rings is 2. The lowest BCUT2D eigenvalue weighted by Gasteiger charge is -2.30. The van der Waals surface area contributed by atoms with Gasteiger partial charge in [-0.05, 0) is 23.6 Å². The number of anilines is 2. The Balaban J connectivity index is 1.73. The van der Waals surface area contributed by atoms with Crippen molar-refractivity contribution < 1.29 is 14.3 Å². The summed E-state index contributed by atoms with van der Waals surface area (Å²) in [6, 6.07) is 16.1. The number of hydrogen-bond acceptors (Lipinski definition) is 6. The number of carbonyl (C=O) groups excluding carboxylic acids is 2. The van der Waals surface area contributed by atoms with Crippen molar-refractivity contribution in [2.45, 2.75) is 32.4 Å². The number of carbonyl (C=O) groups is 2. The van der Waals surface area contributed by atoms with Crippen LogP contribution in [0.2, 0.25) is 0 Å². The Kier molecular flexibility index (Phi) is 6.12. The van der Waals surface area contributed by atoms with Crippen LogP contribution < -0.4 is 21.9 Å². The first kappa shape index (κ1) is 22.1. The van der Waals surface area contributed by atoms with Gasteiger partial charge >= 0.3 is 11.7 Å². The number of esters is 1. The quantitative estimate of drug-likeness (QED) is 0.553. The van der Waals surface area contributed by atoms with Crippen LogP contribution >= 0.6 is 0 Å². The molecule has 0 aliphatic carbocycles. The number of aromatic amines is 1. The second-order valence-electron chi connectivity index (χ2n) is 7.81. The van der Waals surface area contributed by atoms with Crippen LogP contribution in [0.15, 0.2) is 64.2 Å². The van der Waals surface area contributed by atoms with Gasteiger partial charge in [0.2, 0.25) is 0 Å². The number of amides is 1. The number of aromatic nitrogens is 2. The number of nitrogens with two attached hydrogens (primary N) is 1. The molecule has 1 aliphatic rings. The summed E-state index contributed by atoms with van der Waals surface area (Å²) >= 11 is 0. The minimum atomic E-state index is -1.10. The number of rotatable bonds is 6. The molecule has 0 spiro atoms. The zero-order valence-corrected chi connectivity index (χ0v) is 18.1. The summed E-state index contributed by atoms with van der Waals surface area (Å²) < 4.78 is 6.61. The van der Waals surface area contributed by atoms with E-state index in [1.807, 2.05) is 37.3 Å². The van der Waals surface area contributed by atoms with Gasteiger partial charge in [0.15, 0.2) is 11.8 Å². The molecule has 0 saturated heterocycles. The average Bonchev–Trinajstić information content (AvgIpc) is 2.81. The van der Waals surface area contributed by atoms with E-state index < -0.39 is 29.2 Å². The number of ether oxygens (including phenoxy) is 1. The third-order valence-corrected chi connectivity index (χ3v) is 5.55. The molecule has 2 heterocycles. The van der Waals surface area contributed by atoms with Crippen molar-refractivity contribution in [2.24, 2.45) is 0 Å². The summed E-state index contributed by atoms with van der Waals surface area (Å²) in [5, 5.41) is 0. The predicted molar refractivity (Wildman–Crippen MR) is 123 cm³/mol. The Morgan fingerprint density at radius 3 is 2.55 bits per heavy atom. The lowest BCUT2D eigenvalue weighted by atomic mass is 9.98. The number of H-pyrrole nitrogens is 1. The molecule has 170 valence electrons. The monoisotopic (exact) mass is 448 g/mol. The topological polar surface area (TPSA) is 127 Å². The van der Waals surface area contributed by atoms with Crippen molar-refractivity contribution in [1.82, 2.24) is 9.55 Å². The predicted octanol–water partition coefficient (Wildman–Crippen LogP) is 1.69. The number of nitrogens with zero attached hydrogens (tertiary/aromatic N) is 2. The molecule has 0 fully saturated rings. The molecule has 0 saturated carbocycles. The third-order valence-electron chi connectivity index (χ3n) is 5.55. The highest BCUT2D eigenvalue weighted by Gasteiger charge is 2.36. The first-order valence-corrected chi connectivity index (χ1v) is 10.7. The lowest BCUT2D eigenvalue weighted by molar-refractivity contribution is -0.127. The molecule has 1 atom stereocenters. The van der Waals surface area contributed by atoms with Gasteiger partial charge in [0, 0.05) is 13.0 Å². The van der Waals surface area contributed by atoms with Gasteiger partial charge in [-0.1, -0.05) is 55.5 Å². The Hall–Kier alpha value is -4.14. The van der Waals surface area contributed by atoms with E-state index in [1.54, 1.807) is 24.3 Å². The van der Waals surface area contributed by atoms with Crippen LogP contribution in [0.25, 0.3) is 0 Å². The molecule has 1 aromatic heterocycles. The van der Waals surface area contributed by atoms with Crippen LogP contribution in [-0.4, -0.2) is 34.1 Å². The number of cyclic esters (lactones) is 1. The fourth-order valence-electron chi connectivity index (χ4n) is 3.96. The summed E-state index contributed by atoms with van der Waals surface area (Å²) in [4.78, 5) is 54.6. The summed E-state index contributed by atoms with van der Waals surface area (Å²) in [6.45, 7) is 2.12. The molecular formula is C24H24N4O5. The molecule has 4 rings (SSSR count). The summed E-state index contributed by atoms with van der Waals surface area (Å²) in [6.07, 6.45) is -0.408. The molecule has 0 unspecified atom stereocenters. The minimum Gasteiger partial charge on any atom is -0.448 e. The molecule has 0 radical (unpaired) electrons. The molecule has 9 nitrogen and oxygen atoms in total. The second-order valence-corrected chi connectivity index (χ2v) is 7.81. The zero-order chi connectivity index (χ0) is 23.5. The van der Waals surface area contributed by atoms with Gasteiger partial charge in [0.25, 0.3) is 11.5 Å². The molecule has 1 aliphatic heterocycles. The molecule has 3 aromatic rings. The van der Waals surface area contributed by atoms with Crippen LogP contribution in [-0.2, 0) is 22.5 Å². The highest BCUT2D eigenvalue weighted by atomic mass is 16.5. The number of hydrogen-bond donors (Lipinski definition) is 2. The Labute approximate surface area is 189 Å². The lowest BCUT2D eigenvalue weighted by Crippen LogP contribution is -2.48. The van der Waals surface area contributed by atoms with Gasteiger partial charge in [0.1, 0.15) is 5.82 Å². The van der Waals surface area contributed by atoms with Crippen molar-refractivity contribution in [3.05, 3.63) is 92.1 Å². The molecule has 3 N–H and O–H groups in total. The van der Waals surface area contributed by atoms with E-state index in [-0.39, 0.29) is 31.0 Å². The van der Waals surface area contributed by atoms with Crippen molar-refractivity contribution in [3.8, 4) is 0 Å². The van der Waals surface area contributed by atoms with Gasteiger partial charge < -0.3 is 15.4 Å². The van der Waals surface area contributed by atoms with Crippen LogP contribution in [0.3, 0.4) is 0 Å². The van der Waals surface area contributed by atoms with Crippen molar-refractivity contribution in [2.75, 3.05) is 17.2 Å². The maximum Gasteiger partial charge on any atom is 0.339 e. The summed E-state index contributed by atoms with van der Waals surface area (Å²) in [7, 11) is 0. The van der Waals surface area contributed by atoms with E-state index in [2.05, 4.69) is 4.98 Å². The largest absolute Gasteiger partial charge is 0.448 e. The maximum atomic E-state index is 13.5. The Bertz CT molecular complexity index is 1310. The van der Waals surface area contributed by atoms with Gasteiger partial charge in [-0.2, -0.15) is 0 Å². The number of nitrogens with one attached hydrogen (secondary N) is 1. The van der Waals surface area contributed by atoms with Gasteiger partial charge in [-0.3, -0.25) is 19.1 Å². The highest BCUT2D eigenvalue weighted by Crippen LogP contribution is 2.25. The van der Waals surface area contributed by atoms with Crippen LogP contribution in [0.5, 0.6) is 0 Å². The molecule has 1 amide bonds. The van der Waals surface area contributed by atoms with Crippen LogP contribution in [0, 0.1) is 0 Å². The van der Waals surface area contributed by atoms with Crippen molar-refractivity contribution in [3.63, 3.8) is 0 Å². The van der Waals surface area contributed by atoms with Gasteiger partial charge in [0.05, 0.1) is 12.1 Å². The highest BCUT2D eigenvalue weighted by molar-refractivity contribution is 6.02. The third kappa shape index (κ3) is 4.30. The number of fused-ring (bicyclic) bond motifs is 1. The van der Waals surface area contributed by atoms with E-state index in [4.69, 9.17) is 10.5 Å². The van der Waals surface area contributed by atoms with E-state index in [9.17, 15) is 19.2 Å². The van der Waals surface area contributed by atoms with E-state index in [0.29, 0.717) is 17.5 Å². The molecule has 0 bridgehead atoms. The molecule has 9 heteroatoms. The summed E-state index contributed by atoms with van der Waals surface area (Å²) in [5.41, 5.74) is 6.61.